The Balaban J connectivity index is 1.41. The van der Waals surface area contributed by atoms with E-state index in [0.717, 1.165) is 43.0 Å². The van der Waals surface area contributed by atoms with Crippen LogP contribution in [0.3, 0.4) is 0 Å². The van der Waals surface area contributed by atoms with E-state index in [-0.39, 0.29) is 23.9 Å². The van der Waals surface area contributed by atoms with Crippen molar-refractivity contribution < 1.29 is 13.5 Å². The van der Waals surface area contributed by atoms with Gasteiger partial charge in [0, 0.05) is 43.0 Å². The Morgan fingerprint density at radius 1 is 1.29 bits per heavy atom. The molecule has 1 atom stereocenters. The highest BCUT2D eigenvalue weighted by molar-refractivity contribution is 6.12. The van der Waals surface area contributed by atoms with Crippen LogP contribution in [0.25, 0.3) is 11.0 Å². The van der Waals surface area contributed by atoms with E-state index >= 15 is 8.78 Å². The summed E-state index contributed by atoms with van der Waals surface area (Å²) in [4.78, 5) is 17.1. The molecule has 1 fully saturated rings. The Hall–Kier alpha value is -3.79. The molecule has 2 aliphatic heterocycles. The number of anilines is 2. The number of aromatic nitrogens is 2. The molecule has 1 N–H and O–H groups in total. The van der Waals surface area contributed by atoms with Crippen LogP contribution in [0.5, 0.6) is 5.75 Å². The first-order chi connectivity index (χ1) is 18.3. The average molecular weight is 522 g/mol. The molecule has 38 heavy (non-hydrogen) atoms. The molecule has 0 spiro atoms. The Kier molecular flexibility index (Phi) is 7.16. The van der Waals surface area contributed by atoms with Crippen molar-refractivity contribution in [3.63, 3.8) is 0 Å². The van der Waals surface area contributed by atoms with Crippen molar-refractivity contribution in [1.29, 1.82) is 0 Å². The number of benzene rings is 2. The van der Waals surface area contributed by atoms with Crippen molar-refractivity contribution >= 4 is 34.8 Å². The van der Waals surface area contributed by atoms with Gasteiger partial charge in [-0.15, -0.1) is 0 Å². The van der Waals surface area contributed by atoms with Gasteiger partial charge in [-0.2, -0.15) is 0 Å². The van der Waals surface area contributed by atoms with E-state index in [2.05, 4.69) is 43.9 Å². The van der Waals surface area contributed by atoms with E-state index in [0.29, 0.717) is 29.6 Å². The van der Waals surface area contributed by atoms with Crippen molar-refractivity contribution in [3.8, 4) is 5.75 Å². The number of likely N-dealkylation sites (N-methyl/N-ethyl adjacent to an activating group) is 1. The van der Waals surface area contributed by atoms with E-state index in [1.165, 1.54) is 6.07 Å². The molecule has 1 aromatic heterocycles. The molecule has 0 radical (unpaired) electrons. The standard InChI is InChI=1S/C28H33F2N7O/c1-17(2)37-18(3)34-28-22(29)10-19(11-25(28)37)27(23(30)13-31-4)33-16-32-20-6-7-24-26(12-20)38-15-21-14-35(5)8-9-36(21)24/h6-7,10-13,17,21,32H,4,8-9,14-16H2,1-3,5H3/b23-13+,33-27-. The van der Waals surface area contributed by atoms with E-state index in [9.17, 15) is 0 Å². The van der Waals surface area contributed by atoms with Crippen LogP contribution in [0.2, 0.25) is 0 Å². The summed E-state index contributed by atoms with van der Waals surface area (Å²) in [6.07, 6.45) is 0.977. The second-order valence-electron chi connectivity index (χ2n) is 10.1. The van der Waals surface area contributed by atoms with Crippen molar-refractivity contribution in [1.82, 2.24) is 14.5 Å². The number of hydrogen-bond acceptors (Lipinski definition) is 7. The molecular weight excluding hydrogens is 488 g/mol. The number of halogens is 2. The minimum absolute atomic E-state index is 0.0191. The third-order valence-electron chi connectivity index (χ3n) is 7.05. The molecule has 5 rings (SSSR count). The first kappa shape index (κ1) is 25.8. The Bertz CT molecular complexity index is 1430. The van der Waals surface area contributed by atoms with Gasteiger partial charge < -0.3 is 24.4 Å². The molecule has 8 nitrogen and oxygen atoms in total. The lowest BCUT2D eigenvalue weighted by molar-refractivity contribution is 0.188. The van der Waals surface area contributed by atoms with Crippen molar-refractivity contribution in [2.24, 2.45) is 9.98 Å². The molecule has 0 aliphatic carbocycles. The van der Waals surface area contributed by atoms with E-state index in [4.69, 9.17) is 4.74 Å². The van der Waals surface area contributed by atoms with E-state index in [1.54, 1.807) is 6.07 Å². The number of fused-ring (bicyclic) bond motifs is 4. The lowest BCUT2D eigenvalue weighted by atomic mass is 10.1. The number of ether oxygens (including phenoxy) is 1. The maximum Gasteiger partial charge on any atom is 0.167 e. The first-order valence-corrected chi connectivity index (χ1v) is 12.8. The molecule has 3 aromatic rings. The predicted molar refractivity (Wildman–Crippen MR) is 149 cm³/mol. The fourth-order valence-electron chi connectivity index (χ4n) is 5.35. The topological polar surface area (TPSA) is 70.3 Å². The number of rotatable bonds is 7. The molecule has 1 unspecified atom stereocenters. The molecule has 0 amide bonds. The van der Waals surface area contributed by atoms with Gasteiger partial charge >= 0.3 is 0 Å². The van der Waals surface area contributed by atoms with Crippen LogP contribution in [0.4, 0.5) is 20.2 Å². The van der Waals surface area contributed by atoms with Gasteiger partial charge in [0.25, 0.3) is 0 Å². The summed E-state index contributed by atoms with van der Waals surface area (Å²) in [6, 6.07) is 9.31. The third kappa shape index (κ3) is 4.88. The summed E-state index contributed by atoms with van der Waals surface area (Å²) in [5.41, 5.74) is 2.99. The monoisotopic (exact) mass is 521 g/mol. The summed E-state index contributed by atoms with van der Waals surface area (Å²) in [7, 11) is 2.13. The van der Waals surface area contributed by atoms with Crippen LogP contribution in [0, 0.1) is 12.7 Å². The summed E-state index contributed by atoms with van der Waals surface area (Å²) in [5.74, 6) is 0.260. The molecule has 10 heteroatoms. The minimum Gasteiger partial charge on any atom is -0.489 e. The molecule has 0 bridgehead atoms. The molecule has 1 saturated heterocycles. The fourth-order valence-corrected chi connectivity index (χ4v) is 5.35. The van der Waals surface area contributed by atoms with Gasteiger partial charge in [0.05, 0.1) is 23.4 Å². The highest BCUT2D eigenvalue weighted by atomic mass is 19.1. The lowest BCUT2D eigenvalue weighted by Gasteiger charge is -2.44. The van der Waals surface area contributed by atoms with Crippen LogP contribution in [-0.2, 0) is 0 Å². The number of aliphatic imine (C=N–C) groups is 2. The second-order valence-corrected chi connectivity index (χ2v) is 10.1. The van der Waals surface area contributed by atoms with Crippen molar-refractivity contribution in [2.45, 2.75) is 32.9 Å². The van der Waals surface area contributed by atoms with Crippen LogP contribution >= 0.6 is 0 Å². The first-order valence-electron chi connectivity index (χ1n) is 12.8. The number of nitrogens with zero attached hydrogens (tertiary/aromatic N) is 6. The van der Waals surface area contributed by atoms with Crippen LogP contribution < -0.4 is 15.0 Å². The van der Waals surface area contributed by atoms with Gasteiger partial charge in [-0.25, -0.2) is 13.8 Å². The Labute approximate surface area is 221 Å². The Morgan fingerprint density at radius 2 is 2.11 bits per heavy atom. The highest BCUT2D eigenvalue weighted by Gasteiger charge is 2.31. The zero-order valence-electron chi connectivity index (χ0n) is 22.2. The molecule has 2 aliphatic rings. The number of imidazole rings is 1. The van der Waals surface area contributed by atoms with Gasteiger partial charge in [-0.3, -0.25) is 9.98 Å². The summed E-state index contributed by atoms with van der Waals surface area (Å²) in [5, 5.41) is 3.21. The van der Waals surface area contributed by atoms with Crippen LogP contribution in [0.15, 0.2) is 52.3 Å². The largest absolute Gasteiger partial charge is 0.489 e. The van der Waals surface area contributed by atoms with Crippen molar-refractivity contribution in [2.75, 3.05) is 50.2 Å². The molecule has 3 heterocycles. The smallest absolute Gasteiger partial charge is 0.167 e. The molecule has 200 valence electrons. The van der Waals surface area contributed by atoms with Gasteiger partial charge in [0.1, 0.15) is 36.1 Å². The fraction of sp³-hybridized carbons (Fsp3) is 0.393. The highest BCUT2D eigenvalue weighted by Crippen LogP contribution is 2.37. The summed E-state index contributed by atoms with van der Waals surface area (Å²) >= 11 is 0. The number of piperazine rings is 1. The molecule has 0 saturated carbocycles. The van der Waals surface area contributed by atoms with Gasteiger partial charge in [-0.1, -0.05) is 0 Å². The van der Waals surface area contributed by atoms with Crippen molar-refractivity contribution in [3.05, 3.63) is 59.6 Å². The zero-order valence-corrected chi connectivity index (χ0v) is 22.2. The number of nitrogens with one attached hydrogen (secondary N) is 1. The van der Waals surface area contributed by atoms with Gasteiger partial charge in [0.2, 0.25) is 0 Å². The number of aryl methyl sites for hydroxylation is 1. The van der Waals surface area contributed by atoms with Gasteiger partial charge in [0.15, 0.2) is 11.6 Å². The third-order valence-corrected chi connectivity index (χ3v) is 7.05. The summed E-state index contributed by atoms with van der Waals surface area (Å²) in [6.45, 7) is 12.8. The maximum absolute atomic E-state index is 15.1. The maximum atomic E-state index is 15.1. The summed E-state index contributed by atoms with van der Waals surface area (Å²) < 4.78 is 38.1. The quantitative estimate of drug-likeness (QED) is 0.446. The Morgan fingerprint density at radius 3 is 2.87 bits per heavy atom. The number of hydrogen-bond donors (Lipinski definition) is 1. The van der Waals surface area contributed by atoms with Gasteiger partial charge in [-0.05, 0) is 58.8 Å². The normalized spacial score (nSPS) is 18.4. The zero-order chi connectivity index (χ0) is 27.0. The van der Waals surface area contributed by atoms with E-state index in [1.807, 2.05) is 43.5 Å². The predicted octanol–water partition coefficient (Wildman–Crippen LogP) is 4.95. The van der Waals surface area contributed by atoms with Crippen LogP contribution in [-0.4, -0.2) is 72.9 Å². The van der Waals surface area contributed by atoms with Crippen LogP contribution in [0.1, 0.15) is 31.3 Å². The average Bonchev–Trinajstić information content (AvgIpc) is 3.22. The minimum atomic E-state index is -0.706. The lowest BCUT2D eigenvalue weighted by Crippen LogP contribution is -2.56. The second kappa shape index (κ2) is 10.5. The number of allylic oxidation sites excluding steroid dienone is 1. The SMILES string of the molecule is C=N/C=C(F)\C(=N/CNc1ccc2c(c1)OCC1CN(C)CCN21)c1cc(F)c2nc(C)n(C(C)C)c2c1. The van der Waals surface area contributed by atoms with E-state index < -0.39 is 11.6 Å². The molecule has 2 aromatic carbocycles. The molecular formula is C28H33F2N7O.